The van der Waals surface area contributed by atoms with Crippen LogP contribution in [0.25, 0.3) is 0 Å². The molecule has 0 fully saturated rings. The molecule has 0 saturated carbocycles. The molecule has 0 aliphatic carbocycles. The van der Waals surface area contributed by atoms with Gasteiger partial charge in [-0.05, 0) is 25.8 Å². The second-order valence-corrected chi connectivity index (χ2v) is 4.40. The van der Waals surface area contributed by atoms with Gasteiger partial charge in [-0.3, -0.25) is 0 Å². The first kappa shape index (κ1) is 16.0. The first-order chi connectivity index (χ1) is 9.15. The maximum atomic E-state index is 13.3. The molecule has 0 spiro atoms. The maximum absolute atomic E-state index is 13.3. The van der Waals surface area contributed by atoms with Gasteiger partial charge in [-0.15, -0.1) is 0 Å². The molecular formula is C14H20F3NO. The minimum Gasteiger partial charge on any atom is -0.383 e. The number of hydrogen-bond donors (Lipinski definition) is 1. The number of rotatable bonds is 9. The molecule has 0 amide bonds. The van der Waals surface area contributed by atoms with Crippen molar-refractivity contribution in [3.8, 4) is 0 Å². The van der Waals surface area contributed by atoms with Crippen LogP contribution in [0, 0.1) is 17.5 Å². The van der Waals surface area contributed by atoms with Crippen LogP contribution in [0.1, 0.15) is 24.8 Å². The van der Waals surface area contributed by atoms with Crippen LogP contribution in [0.5, 0.6) is 0 Å². The number of nitrogens with one attached hydrogen (secondary N) is 1. The van der Waals surface area contributed by atoms with Gasteiger partial charge in [0.2, 0.25) is 0 Å². The second-order valence-electron chi connectivity index (χ2n) is 4.40. The van der Waals surface area contributed by atoms with Gasteiger partial charge in [0.05, 0.1) is 6.61 Å². The highest BCUT2D eigenvalue weighted by molar-refractivity contribution is 5.20. The van der Waals surface area contributed by atoms with Crippen molar-refractivity contribution in [1.82, 2.24) is 5.32 Å². The number of hydrogen-bond acceptors (Lipinski definition) is 2. The molecule has 0 saturated heterocycles. The molecule has 1 aromatic carbocycles. The molecule has 0 atom stereocenters. The lowest BCUT2D eigenvalue weighted by molar-refractivity contribution is 0.199. The summed E-state index contributed by atoms with van der Waals surface area (Å²) in [6.45, 7) is 2.33. The van der Waals surface area contributed by atoms with Crippen molar-refractivity contribution in [2.24, 2.45) is 0 Å². The van der Waals surface area contributed by atoms with Crippen LogP contribution >= 0.6 is 0 Å². The van der Waals surface area contributed by atoms with Crippen molar-refractivity contribution in [1.29, 1.82) is 0 Å². The van der Waals surface area contributed by atoms with Gasteiger partial charge in [0.25, 0.3) is 0 Å². The van der Waals surface area contributed by atoms with E-state index in [0.29, 0.717) is 19.4 Å². The number of benzene rings is 1. The quantitative estimate of drug-likeness (QED) is 0.699. The van der Waals surface area contributed by atoms with E-state index in [1.165, 1.54) is 0 Å². The van der Waals surface area contributed by atoms with Crippen LogP contribution in [0.2, 0.25) is 0 Å². The highest BCUT2D eigenvalue weighted by Crippen LogP contribution is 2.17. The minimum absolute atomic E-state index is 0.0197. The first-order valence-electron chi connectivity index (χ1n) is 6.48. The Kier molecular flexibility index (Phi) is 7.52. The zero-order valence-electron chi connectivity index (χ0n) is 11.1. The van der Waals surface area contributed by atoms with E-state index in [-0.39, 0.29) is 5.56 Å². The van der Waals surface area contributed by atoms with Crippen molar-refractivity contribution >= 4 is 0 Å². The Bertz CT molecular complexity index is 362. The lowest BCUT2D eigenvalue weighted by atomic mass is 10.1. The fourth-order valence-corrected chi connectivity index (χ4v) is 1.84. The van der Waals surface area contributed by atoms with Crippen LogP contribution < -0.4 is 5.32 Å². The fraction of sp³-hybridized carbons (Fsp3) is 0.571. The van der Waals surface area contributed by atoms with E-state index in [0.717, 1.165) is 38.1 Å². The van der Waals surface area contributed by atoms with Gasteiger partial charge >= 0.3 is 0 Å². The summed E-state index contributed by atoms with van der Waals surface area (Å²) in [6, 6.07) is 1.45. The Balaban J connectivity index is 2.19. The van der Waals surface area contributed by atoms with Crippen LogP contribution in [0.3, 0.4) is 0 Å². The van der Waals surface area contributed by atoms with Crippen molar-refractivity contribution in [3.05, 3.63) is 35.1 Å². The van der Waals surface area contributed by atoms with Crippen LogP contribution in [-0.4, -0.2) is 26.8 Å². The van der Waals surface area contributed by atoms with Gasteiger partial charge in [-0.2, -0.15) is 0 Å². The predicted octanol–water partition coefficient (Wildman–Crippen LogP) is 3.05. The molecule has 5 heteroatoms. The fourth-order valence-electron chi connectivity index (χ4n) is 1.84. The molecule has 1 rings (SSSR count). The van der Waals surface area contributed by atoms with Gasteiger partial charge in [0.1, 0.15) is 17.5 Å². The van der Waals surface area contributed by atoms with E-state index < -0.39 is 17.5 Å². The third kappa shape index (κ3) is 6.07. The molecule has 0 heterocycles. The minimum atomic E-state index is -0.874. The standard InChI is InChI=1S/C14H20F3NO/c1-19-8-7-18-6-4-2-3-5-12-13(16)9-11(15)10-14(12)17/h9-10,18H,2-8H2,1H3. The van der Waals surface area contributed by atoms with Crippen LogP contribution in [0.15, 0.2) is 12.1 Å². The van der Waals surface area contributed by atoms with Gasteiger partial charge in [0, 0.05) is 31.4 Å². The van der Waals surface area contributed by atoms with E-state index in [9.17, 15) is 13.2 Å². The smallest absolute Gasteiger partial charge is 0.132 e. The van der Waals surface area contributed by atoms with Gasteiger partial charge in [-0.25, -0.2) is 13.2 Å². The molecule has 1 aromatic rings. The molecule has 0 bridgehead atoms. The summed E-state index contributed by atoms with van der Waals surface area (Å²) >= 11 is 0. The van der Waals surface area contributed by atoms with Gasteiger partial charge in [-0.1, -0.05) is 6.42 Å². The zero-order valence-corrected chi connectivity index (χ0v) is 11.1. The largest absolute Gasteiger partial charge is 0.383 e. The van der Waals surface area contributed by atoms with Gasteiger partial charge < -0.3 is 10.1 Å². The number of ether oxygens (including phenoxy) is 1. The highest BCUT2D eigenvalue weighted by atomic mass is 19.1. The number of methoxy groups -OCH3 is 1. The molecule has 0 radical (unpaired) electrons. The molecule has 1 N–H and O–H groups in total. The molecule has 108 valence electrons. The summed E-state index contributed by atoms with van der Waals surface area (Å²) in [7, 11) is 1.65. The maximum Gasteiger partial charge on any atom is 0.132 e. The van der Waals surface area contributed by atoms with Crippen molar-refractivity contribution in [2.45, 2.75) is 25.7 Å². The topological polar surface area (TPSA) is 21.3 Å². The summed E-state index contributed by atoms with van der Waals surface area (Å²) in [5.41, 5.74) is -0.0197. The summed E-state index contributed by atoms with van der Waals surface area (Å²) in [5, 5.41) is 3.19. The van der Waals surface area contributed by atoms with Crippen molar-refractivity contribution in [2.75, 3.05) is 26.8 Å². The molecule has 0 aliphatic heterocycles. The third-order valence-electron chi connectivity index (χ3n) is 2.87. The van der Waals surface area contributed by atoms with Crippen molar-refractivity contribution in [3.63, 3.8) is 0 Å². The third-order valence-corrected chi connectivity index (χ3v) is 2.87. The summed E-state index contributed by atoms with van der Waals surface area (Å²) in [6.07, 6.45) is 2.80. The highest BCUT2D eigenvalue weighted by Gasteiger charge is 2.10. The van der Waals surface area contributed by atoms with E-state index in [2.05, 4.69) is 5.32 Å². The Labute approximate surface area is 112 Å². The van der Waals surface area contributed by atoms with Crippen LogP contribution in [-0.2, 0) is 11.2 Å². The number of unbranched alkanes of at least 4 members (excludes halogenated alkanes) is 2. The Hall–Kier alpha value is -1.07. The summed E-state index contributed by atoms with van der Waals surface area (Å²) in [5.74, 6) is -2.47. The van der Waals surface area contributed by atoms with Crippen LogP contribution in [0.4, 0.5) is 13.2 Å². The monoisotopic (exact) mass is 275 g/mol. The molecule has 0 aliphatic rings. The summed E-state index contributed by atoms with van der Waals surface area (Å²) < 4.78 is 44.2. The molecule has 0 unspecified atom stereocenters. The average molecular weight is 275 g/mol. The van der Waals surface area contributed by atoms with E-state index in [1.54, 1.807) is 7.11 Å². The number of halogens is 3. The second kappa shape index (κ2) is 8.93. The molecular weight excluding hydrogens is 255 g/mol. The Morgan fingerprint density at radius 2 is 1.68 bits per heavy atom. The zero-order chi connectivity index (χ0) is 14.1. The van der Waals surface area contributed by atoms with E-state index in [1.807, 2.05) is 0 Å². The first-order valence-corrected chi connectivity index (χ1v) is 6.48. The van der Waals surface area contributed by atoms with Gasteiger partial charge in [0.15, 0.2) is 0 Å². The lowest BCUT2D eigenvalue weighted by Gasteiger charge is -2.06. The van der Waals surface area contributed by atoms with E-state index in [4.69, 9.17) is 4.74 Å². The molecule has 19 heavy (non-hydrogen) atoms. The normalized spacial score (nSPS) is 10.9. The molecule has 0 aromatic heterocycles. The Morgan fingerprint density at radius 3 is 2.32 bits per heavy atom. The SMILES string of the molecule is COCCNCCCCCc1c(F)cc(F)cc1F. The Morgan fingerprint density at radius 1 is 1.00 bits per heavy atom. The lowest BCUT2D eigenvalue weighted by Crippen LogP contribution is -2.20. The molecule has 2 nitrogen and oxygen atoms in total. The van der Waals surface area contributed by atoms with Crippen molar-refractivity contribution < 1.29 is 17.9 Å². The average Bonchev–Trinajstić information content (AvgIpc) is 2.35. The summed E-state index contributed by atoms with van der Waals surface area (Å²) in [4.78, 5) is 0. The van der Waals surface area contributed by atoms with E-state index >= 15 is 0 Å². The predicted molar refractivity (Wildman–Crippen MR) is 68.6 cm³/mol.